The lowest BCUT2D eigenvalue weighted by atomic mass is 10.0. The molecule has 0 fully saturated rings. The topological polar surface area (TPSA) is 69.1 Å². The highest BCUT2D eigenvalue weighted by molar-refractivity contribution is 7.24. The molecule has 0 radical (unpaired) electrons. The third-order valence-corrected chi connectivity index (χ3v) is 3.42. The summed E-state index contributed by atoms with van der Waals surface area (Å²) in [6.07, 6.45) is 0. The van der Waals surface area contributed by atoms with Crippen LogP contribution in [0.3, 0.4) is 0 Å². The Kier molecular flexibility index (Phi) is 3.40. The molecule has 0 unspecified atom stereocenters. The van der Waals surface area contributed by atoms with Gasteiger partial charge in [-0.2, -0.15) is 0 Å². The molecule has 0 aromatic heterocycles. The van der Waals surface area contributed by atoms with Crippen LogP contribution in [-0.2, 0) is 4.57 Å². The predicted molar refractivity (Wildman–Crippen MR) is 71.2 cm³/mol. The maximum absolute atomic E-state index is 11.3. The first-order chi connectivity index (χ1) is 8.20. The van der Waals surface area contributed by atoms with E-state index in [0.717, 1.165) is 11.1 Å². The number of hydrogen-bond donors (Lipinski definition) is 2. The van der Waals surface area contributed by atoms with Gasteiger partial charge in [0.25, 0.3) is 0 Å². The van der Waals surface area contributed by atoms with Crippen LogP contribution in [0.1, 0.15) is 16.8 Å². The van der Waals surface area contributed by atoms with Crippen LogP contribution in [0.4, 0.5) is 11.4 Å². The number of nitrogen functional groups attached to an aromatic ring is 2. The van der Waals surface area contributed by atoms with Gasteiger partial charge in [0, 0.05) is 11.4 Å². The van der Waals surface area contributed by atoms with Crippen molar-refractivity contribution in [2.24, 2.45) is 0 Å². The SMILES string of the molecule is Nc1ccc(C(P=O)c2ccc(N)cc2)cc1. The predicted octanol–water partition coefficient (Wildman–Crippen LogP) is 3.23. The summed E-state index contributed by atoms with van der Waals surface area (Å²) in [5.41, 5.74) is 14.4. The minimum absolute atomic E-state index is 0.0610. The zero-order valence-electron chi connectivity index (χ0n) is 9.21. The van der Waals surface area contributed by atoms with Gasteiger partial charge in [-0.25, -0.2) is 0 Å². The summed E-state index contributed by atoms with van der Waals surface area (Å²) in [6, 6.07) is 14.8. The second-order valence-electron chi connectivity index (χ2n) is 3.84. The maximum Gasteiger partial charge on any atom is 0.168 e. The summed E-state index contributed by atoms with van der Waals surface area (Å²) in [7, 11) is 0.0610. The van der Waals surface area contributed by atoms with E-state index in [4.69, 9.17) is 11.5 Å². The standard InChI is InChI=1S/C13H13N2OP/c14-11-5-1-9(2-6-11)13(17-16)10-3-7-12(15)8-4-10/h1-8,13H,14-15H2. The molecule has 0 aliphatic rings. The van der Waals surface area contributed by atoms with Crippen molar-refractivity contribution in [1.29, 1.82) is 0 Å². The van der Waals surface area contributed by atoms with Gasteiger partial charge in [-0.05, 0) is 35.4 Å². The van der Waals surface area contributed by atoms with E-state index in [1.54, 1.807) is 0 Å². The number of hydrogen-bond acceptors (Lipinski definition) is 3. The van der Waals surface area contributed by atoms with Crippen LogP contribution in [0.15, 0.2) is 48.5 Å². The summed E-state index contributed by atoms with van der Waals surface area (Å²) in [6.45, 7) is 0. The molecule has 2 aromatic carbocycles. The summed E-state index contributed by atoms with van der Waals surface area (Å²) in [5, 5.41) is 0. The Bertz CT molecular complexity index is 462. The van der Waals surface area contributed by atoms with E-state index in [1.807, 2.05) is 48.5 Å². The molecule has 0 saturated carbocycles. The van der Waals surface area contributed by atoms with Gasteiger partial charge in [0.15, 0.2) is 8.46 Å². The first-order valence-electron chi connectivity index (χ1n) is 5.24. The van der Waals surface area contributed by atoms with E-state index in [1.165, 1.54) is 0 Å². The first-order valence-corrected chi connectivity index (χ1v) is 6.12. The number of anilines is 2. The third kappa shape index (κ3) is 2.63. The van der Waals surface area contributed by atoms with Crippen molar-refractivity contribution < 1.29 is 4.57 Å². The fourth-order valence-electron chi connectivity index (χ4n) is 1.67. The lowest BCUT2D eigenvalue weighted by Crippen LogP contribution is -1.95. The van der Waals surface area contributed by atoms with Crippen LogP contribution in [0, 0.1) is 0 Å². The van der Waals surface area contributed by atoms with Crippen molar-refractivity contribution in [2.45, 2.75) is 5.66 Å². The Morgan fingerprint density at radius 2 is 1.12 bits per heavy atom. The second kappa shape index (κ2) is 4.98. The zero-order valence-corrected chi connectivity index (χ0v) is 10.1. The molecule has 3 nitrogen and oxygen atoms in total. The van der Waals surface area contributed by atoms with Crippen LogP contribution in [0.25, 0.3) is 0 Å². The minimum Gasteiger partial charge on any atom is -0.399 e. The Morgan fingerprint density at radius 1 is 0.765 bits per heavy atom. The largest absolute Gasteiger partial charge is 0.399 e. The van der Waals surface area contributed by atoms with E-state index in [2.05, 4.69) is 0 Å². The lowest BCUT2D eigenvalue weighted by Gasteiger charge is -2.10. The number of benzene rings is 2. The van der Waals surface area contributed by atoms with Gasteiger partial charge in [0.2, 0.25) is 0 Å². The van der Waals surface area contributed by atoms with E-state index in [-0.39, 0.29) is 14.1 Å². The molecule has 4 heteroatoms. The summed E-state index contributed by atoms with van der Waals surface area (Å²) < 4.78 is 11.3. The van der Waals surface area contributed by atoms with Crippen LogP contribution in [0.5, 0.6) is 0 Å². The normalized spacial score (nSPS) is 10.9. The monoisotopic (exact) mass is 244 g/mol. The maximum atomic E-state index is 11.3. The van der Waals surface area contributed by atoms with Crippen molar-refractivity contribution in [1.82, 2.24) is 0 Å². The highest BCUT2D eigenvalue weighted by Crippen LogP contribution is 2.34. The zero-order chi connectivity index (χ0) is 12.3. The Hall–Kier alpha value is -1.86. The average molecular weight is 244 g/mol. The molecular formula is C13H13N2OP. The van der Waals surface area contributed by atoms with E-state index in [0.29, 0.717) is 11.4 Å². The van der Waals surface area contributed by atoms with Crippen molar-refractivity contribution >= 4 is 19.8 Å². The van der Waals surface area contributed by atoms with Crippen LogP contribution < -0.4 is 11.5 Å². The molecule has 0 spiro atoms. The molecule has 4 N–H and O–H groups in total. The number of nitrogens with two attached hydrogens (primary N) is 2. The Morgan fingerprint density at radius 3 is 1.41 bits per heavy atom. The van der Waals surface area contributed by atoms with Gasteiger partial charge in [-0.15, -0.1) is 0 Å². The van der Waals surface area contributed by atoms with Gasteiger partial charge >= 0.3 is 0 Å². The van der Waals surface area contributed by atoms with Gasteiger partial charge < -0.3 is 11.5 Å². The second-order valence-corrected chi connectivity index (χ2v) is 4.57. The highest BCUT2D eigenvalue weighted by Gasteiger charge is 2.13. The fraction of sp³-hybridized carbons (Fsp3) is 0.0769. The molecule has 0 atom stereocenters. The van der Waals surface area contributed by atoms with Crippen LogP contribution in [0.2, 0.25) is 0 Å². The first kappa shape index (κ1) is 11.6. The Balaban J connectivity index is 2.36. The van der Waals surface area contributed by atoms with E-state index < -0.39 is 0 Å². The molecule has 2 rings (SSSR count). The summed E-state index contributed by atoms with van der Waals surface area (Å²) >= 11 is 0. The summed E-state index contributed by atoms with van der Waals surface area (Å²) in [5.74, 6) is 0. The molecule has 0 amide bonds. The molecule has 0 aliphatic carbocycles. The van der Waals surface area contributed by atoms with Crippen LogP contribution >= 0.6 is 8.46 Å². The number of rotatable bonds is 3. The van der Waals surface area contributed by atoms with E-state index >= 15 is 0 Å². The third-order valence-electron chi connectivity index (χ3n) is 2.61. The minimum atomic E-state index is -0.170. The molecule has 2 aromatic rings. The highest BCUT2D eigenvalue weighted by atomic mass is 31.1. The van der Waals surface area contributed by atoms with Crippen LogP contribution in [-0.4, -0.2) is 0 Å². The molecular weight excluding hydrogens is 231 g/mol. The Labute approximate surface area is 102 Å². The molecule has 0 aliphatic heterocycles. The smallest absolute Gasteiger partial charge is 0.168 e. The van der Waals surface area contributed by atoms with Crippen molar-refractivity contribution in [3.05, 3.63) is 59.7 Å². The van der Waals surface area contributed by atoms with Crippen molar-refractivity contribution in [2.75, 3.05) is 11.5 Å². The molecule has 0 heterocycles. The lowest BCUT2D eigenvalue weighted by molar-refractivity contribution is 0.595. The average Bonchev–Trinajstić information content (AvgIpc) is 2.35. The van der Waals surface area contributed by atoms with Crippen molar-refractivity contribution in [3.8, 4) is 0 Å². The molecule has 17 heavy (non-hydrogen) atoms. The molecule has 86 valence electrons. The fourth-order valence-corrected chi connectivity index (χ4v) is 2.26. The molecule has 0 saturated heterocycles. The van der Waals surface area contributed by atoms with Crippen molar-refractivity contribution in [3.63, 3.8) is 0 Å². The van der Waals surface area contributed by atoms with Gasteiger partial charge in [-0.3, -0.25) is 4.57 Å². The van der Waals surface area contributed by atoms with E-state index in [9.17, 15) is 4.57 Å². The van der Waals surface area contributed by atoms with Gasteiger partial charge in [0.05, 0.1) is 5.66 Å². The summed E-state index contributed by atoms with van der Waals surface area (Å²) in [4.78, 5) is 0. The quantitative estimate of drug-likeness (QED) is 0.643. The van der Waals surface area contributed by atoms with Gasteiger partial charge in [0.1, 0.15) is 0 Å². The molecule has 0 bridgehead atoms. The van der Waals surface area contributed by atoms with Gasteiger partial charge in [-0.1, -0.05) is 24.3 Å².